The Hall–Kier alpha value is -0.690. The van der Waals surface area contributed by atoms with Gasteiger partial charge < -0.3 is 14.2 Å². The Balaban J connectivity index is 3.58. The van der Waals surface area contributed by atoms with Crippen LogP contribution in [0.25, 0.3) is 0 Å². The lowest BCUT2D eigenvalue weighted by Crippen LogP contribution is -2.43. The van der Waals surface area contributed by atoms with Gasteiger partial charge in [0.05, 0.1) is 13.2 Å². The number of hydrogen-bond acceptors (Lipinski definition) is 5. The fourth-order valence-corrected chi connectivity index (χ4v) is 1.29. The van der Waals surface area contributed by atoms with E-state index in [9.17, 15) is 4.79 Å². The Labute approximate surface area is 103 Å². The van der Waals surface area contributed by atoms with E-state index in [-0.39, 0.29) is 11.8 Å². The number of carbonyl (C=O) groups excluding carboxylic acids is 1. The monoisotopic (exact) mass is 248 g/mol. The summed E-state index contributed by atoms with van der Waals surface area (Å²) >= 11 is 0. The van der Waals surface area contributed by atoms with Gasteiger partial charge in [-0.05, 0) is 12.3 Å². The zero-order valence-electron chi connectivity index (χ0n) is 10.9. The molecule has 0 radical (unpaired) electrons. The van der Waals surface area contributed by atoms with Crippen LogP contribution in [0.5, 0.6) is 0 Å². The van der Waals surface area contributed by atoms with E-state index in [4.69, 9.17) is 20.1 Å². The van der Waals surface area contributed by atoms with Crippen molar-refractivity contribution in [2.24, 2.45) is 11.8 Å². The van der Waals surface area contributed by atoms with Crippen molar-refractivity contribution >= 4 is 5.91 Å². The van der Waals surface area contributed by atoms with E-state index in [0.29, 0.717) is 26.4 Å². The van der Waals surface area contributed by atoms with Gasteiger partial charge in [-0.2, -0.15) is 0 Å². The minimum atomic E-state index is -0.525. The first kappa shape index (κ1) is 16.3. The van der Waals surface area contributed by atoms with Crippen LogP contribution in [-0.4, -0.2) is 45.5 Å². The SMILES string of the molecule is COCCCOCCOC(C(=O)NN)C(C)C. The van der Waals surface area contributed by atoms with Crippen molar-refractivity contribution in [1.29, 1.82) is 0 Å². The minimum Gasteiger partial charge on any atom is -0.385 e. The molecular weight excluding hydrogens is 224 g/mol. The molecular formula is C11H24N2O4. The van der Waals surface area contributed by atoms with Gasteiger partial charge in [0, 0.05) is 20.3 Å². The van der Waals surface area contributed by atoms with Crippen molar-refractivity contribution < 1.29 is 19.0 Å². The maximum atomic E-state index is 11.3. The number of ether oxygens (including phenoxy) is 3. The van der Waals surface area contributed by atoms with Gasteiger partial charge in [-0.1, -0.05) is 13.8 Å². The highest BCUT2D eigenvalue weighted by molar-refractivity contribution is 5.80. The van der Waals surface area contributed by atoms with E-state index in [1.54, 1.807) is 7.11 Å². The number of hydrazine groups is 1. The van der Waals surface area contributed by atoms with Crippen molar-refractivity contribution in [2.45, 2.75) is 26.4 Å². The maximum absolute atomic E-state index is 11.3. The highest BCUT2D eigenvalue weighted by atomic mass is 16.5. The molecule has 1 atom stereocenters. The molecule has 0 spiro atoms. The zero-order valence-corrected chi connectivity index (χ0v) is 10.9. The summed E-state index contributed by atoms with van der Waals surface area (Å²) in [6.45, 7) is 5.96. The molecule has 6 heteroatoms. The molecule has 0 rings (SSSR count). The topological polar surface area (TPSA) is 82.8 Å². The van der Waals surface area contributed by atoms with Gasteiger partial charge in [-0.15, -0.1) is 0 Å². The smallest absolute Gasteiger partial charge is 0.263 e. The first-order valence-corrected chi connectivity index (χ1v) is 5.82. The van der Waals surface area contributed by atoms with Gasteiger partial charge >= 0.3 is 0 Å². The number of hydrogen-bond donors (Lipinski definition) is 2. The second-order valence-corrected chi connectivity index (χ2v) is 4.00. The molecule has 0 bridgehead atoms. The van der Waals surface area contributed by atoms with Crippen LogP contribution in [0, 0.1) is 5.92 Å². The van der Waals surface area contributed by atoms with Crippen LogP contribution in [0.15, 0.2) is 0 Å². The molecule has 102 valence electrons. The van der Waals surface area contributed by atoms with E-state index in [1.165, 1.54) is 0 Å². The van der Waals surface area contributed by atoms with Crippen LogP contribution in [0.2, 0.25) is 0 Å². The molecule has 0 aliphatic carbocycles. The molecule has 6 nitrogen and oxygen atoms in total. The van der Waals surface area contributed by atoms with Crippen molar-refractivity contribution in [2.75, 3.05) is 33.5 Å². The fraction of sp³-hybridized carbons (Fsp3) is 0.909. The lowest BCUT2D eigenvalue weighted by molar-refractivity contribution is -0.137. The highest BCUT2D eigenvalue weighted by Crippen LogP contribution is 2.06. The second kappa shape index (κ2) is 10.5. The van der Waals surface area contributed by atoms with Crippen LogP contribution in [0.1, 0.15) is 20.3 Å². The highest BCUT2D eigenvalue weighted by Gasteiger charge is 2.21. The Bertz CT molecular complexity index is 200. The average molecular weight is 248 g/mol. The molecule has 17 heavy (non-hydrogen) atoms. The van der Waals surface area contributed by atoms with Crippen molar-refractivity contribution in [3.8, 4) is 0 Å². The Morgan fingerprint density at radius 1 is 1.24 bits per heavy atom. The summed E-state index contributed by atoms with van der Waals surface area (Å²) in [6, 6.07) is 0. The van der Waals surface area contributed by atoms with Crippen LogP contribution >= 0.6 is 0 Å². The van der Waals surface area contributed by atoms with Gasteiger partial charge in [0.15, 0.2) is 0 Å². The predicted molar refractivity (Wildman–Crippen MR) is 64.2 cm³/mol. The van der Waals surface area contributed by atoms with Gasteiger partial charge in [0.2, 0.25) is 0 Å². The summed E-state index contributed by atoms with van der Waals surface area (Å²) < 4.78 is 15.6. The van der Waals surface area contributed by atoms with E-state index in [2.05, 4.69) is 5.43 Å². The van der Waals surface area contributed by atoms with Gasteiger partial charge in [-0.3, -0.25) is 10.2 Å². The molecule has 0 fully saturated rings. The van der Waals surface area contributed by atoms with Crippen molar-refractivity contribution in [3.63, 3.8) is 0 Å². The minimum absolute atomic E-state index is 0.0760. The first-order valence-electron chi connectivity index (χ1n) is 5.82. The molecule has 1 unspecified atom stereocenters. The third kappa shape index (κ3) is 8.09. The number of carbonyl (C=O) groups is 1. The Morgan fingerprint density at radius 3 is 2.47 bits per heavy atom. The quantitative estimate of drug-likeness (QED) is 0.247. The van der Waals surface area contributed by atoms with Crippen LogP contribution in [0.3, 0.4) is 0 Å². The van der Waals surface area contributed by atoms with Gasteiger partial charge in [0.25, 0.3) is 5.91 Å². The summed E-state index contributed by atoms with van der Waals surface area (Å²) in [5.74, 6) is 4.84. The number of rotatable bonds is 10. The number of nitrogens with one attached hydrogen (secondary N) is 1. The van der Waals surface area contributed by atoms with E-state index in [1.807, 2.05) is 13.8 Å². The molecule has 0 aliphatic heterocycles. The zero-order chi connectivity index (χ0) is 13.1. The molecule has 3 N–H and O–H groups in total. The maximum Gasteiger partial charge on any atom is 0.263 e. The number of amides is 1. The molecule has 0 aromatic rings. The van der Waals surface area contributed by atoms with Crippen LogP contribution in [0.4, 0.5) is 0 Å². The summed E-state index contributed by atoms with van der Waals surface area (Å²) in [6.07, 6.45) is 0.329. The third-order valence-electron chi connectivity index (χ3n) is 2.17. The largest absolute Gasteiger partial charge is 0.385 e. The molecule has 0 aliphatic rings. The fourth-order valence-electron chi connectivity index (χ4n) is 1.29. The molecule has 0 aromatic heterocycles. The van der Waals surface area contributed by atoms with Crippen LogP contribution in [-0.2, 0) is 19.0 Å². The number of methoxy groups -OCH3 is 1. The normalized spacial score (nSPS) is 12.8. The lowest BCUT2D eigenvalue weighted by Gasteiger charge is -2.19. The second-order valence-electron chi connectivity index (χ2n) is 4.00. The van der Waals surface area contributed by atoms with Gasteiger partial charge in [-0.25, -0.2) is 5.84 Å². The van der Waals surface area contributed by atoms with Crippen molar-refractivity contribution in [3.05, 3.63) is 0 Å². The van der Waals surface area contributed by atoms with Crippen LogP contribution < -0.4 is 11.3 Å². The van der Waals surface area contributed by atoms with E-state index >= 15 is 0 Å². The van der Waals surface area contributed by atoms with E-state index < -0.39 is 6.10 Å². The summed E-state index contributed by atoms with van der Waals surface area (Å²) in [5, 5.41) is 0. The molecule has 0 saturated carbocycles. The molecule has 0 saturated heterocycles. The molecule has 1 amide bonds. The average Bonchev–Trinajstić information content (AvgIpc) is 2.31. The lowest BCUT2D eigenvalue weighted by atomic mass is 10.1. The standard InChI is InChI=1S/C11H24N2O4/c1-9(2)10(11(14)13-12)17-8-7-16-6-4-5-15-3/h9-10H,4-8,12H2,1-3H3,(H,13,14). The molecule has 0 aromatic carbocycles. The van der Waals surface area contributed by atoms with Crippen molar-refractivity contribution in [1.82, 2.24) is 5.43 Å². The Morgan fingerprint density at radius 2 is 1.94 bits per heavy atom. The third-order valence-corrected chi connectivity index (χ3v) is 2.17. The predicted octanol–water partition coefficient (Wildman–Crippen LogP) is 0.0706. The number of nitrogens with two attached hydrogens (primary N) is 1. The van der Waals surface area contributed by atoms with Gasteiger partial charge in [0.1, 0.15) is 6.10 Å². The van der Waals surface area contributed by atoms with E-state index in [0.717, 1.165) is 6.42 Å². The summed E-state index contributed by atoms with van der Waals surface area (Å²) in [7, 11) is 1.65. The first-order chi connectivity index (χ1) is 8.13. The Kier molecular flexibility index (Phi) is 10.0. The summed E-state index contributed by atoms with van der Waals surface area (Å²) in [4.78, 5) is 11.3. The summed E-state index contributed by atoms with van der Waals surface area (Å²) in [5.41, 5.74) is 2.09. The molecule has 0 heterocycles.